The van der Waals surface area contributed by atoms with Crippen LogP contribution in [0.5, 0.6) is 0 Å². The van der Waals surface area contributed by atoms with Gasteiger partial charge in [-0.3, -0.25) is 9.88 Å². The summed E-state index contributed by atoms with van der Waals surface area (Å²) in [6.45, 7) is 0. The molecule has 0 amide bonds. The molecule has 9 nitrogen and oxygen atoms in total. The number of esters is 2. The summed E-state index contributed by atoms with van der Waals surface area (Å²) < 4.78 is 10.2. The highest BCUT2D eigenvalue weighted by atomic mass is 16.5. The van der Waals surface area contributed by atoms with Gasteiger partial charge in [-0.05, 0) is 29.8 Å². The molecule has 36 heavy (non-hydrogen) atoms. The molecular formula is C27H25N5O4. The Morgan fingerprint density at radius 3 is 2.33 bits per heavy atom. The Labute approximate surface area is 208 Å². The molecule has 0 saturated carbocycles. The summed E-state index contributed by atoms with van der Waals surface area (Å²) in [5.41, 5.74) is 9.11. The molecule has 4 rings (SSSR count). The fourth-order valence-corrected chi connectivity index (χ4v) is 4.46. The van der Waals surface area contributed by atoms with Crippen molar-refractivity contribution in [1.82, 2.24) is 4.98 Å². The fraction of sp³-hybridized carbons (Fsp3) is 0.185. The number of allylic oxidation sites excluding steroid dienone is 1. The van der Waals surface area contributed by atoms with Crippen LogP contribution in [-0.2, 0) is 19.1 Å². The molecule has 1 aliphatic heterocycles. The number of hydrogen-bond acceptors (Lipinski definition) is 9. The van der Waals surface area contributed by atoms with Crippen LogP contribution in [0.15, 0.2) is 83.5 Å². The van der Waals surface area contributed by atoms with E-state index in [0.717, 1.165) is 5.69 Å². The number of nitriles is 1. The van der Waals surface area contributed by atoms with Crippen LogP contribution >= 0.6 is 0 Å². The minimum absolute atomic E-state index is 0.00200. The highest BCUT2D eigenvalue weighted by Crippen LogP contribution is 2.45. The lowest BCUT2D eigenvalue weighted by molar-refractivity contribution is -0.139. The van der Waals surface area contributed by atoms with Gasteiger partial charge in [-0.2, -0.15) is 5.26 Å². The Morgan fingerprint density at radius 1 is 1.03 bits per heavy atom. The average Bonchev–Trinajstić information content (AvgIpc) is 2.91. The number of carbonyl (C=O) groups excluding carboxylic acids is 2. The lowest BCUT2D eigenvalue weighted by Crippen LogP contribution is -2.40. The molecule has 0 aliphatic carbocycles. The monoisotopic (exact) mass is 483 g/mol. The van der Waals surface area contributed by atoms with Crippen molar-refractivity contribution in [3.63, 3.8) is 0 Å². The smallest absolute Gasteiger partial charge is 0.355 e. The van der Waals surface area contributed by atoms with Gasteiger partial charge in [-0.25, -0.2) is 9.59 Å². The Morgan fingerprint density at radius 2 is 1.72 bits per heavy atom. The topological polar surface area (TPSA) is 122 Å². The molecule has 1 atom stereocenters. The quantitative estimate of drug-likeness (QED) is 0.545. The Bertz CT molecular complexity index is 1450. The van der Waals surface area contributed by atoms with Crippen LogP contribution in [0.1, 0.15) is 11.5 Å². The van der Waals surface area contributed by atoms with Crippen molar-refractivity contribution >= 4 is 34.2 Å². The van der Waals surface area contributed by atoms with Crippen LogP contribution < -0.4 is 15.5 Å². The summed E-state index contributed by atoms with van der Waals surface area (Å²) in [6, 6.07) is 18.2. The number of nitrogens with two attached hydrogens (primary N) is 1. The van der Waals surface area contributed by atoms with Gasteiger partial charge in [0.2, 0.25) is 0 Å². The van der Waals surface area contributed by atoms with E-state index in [9.17, 15) is 14.9 Å². The van der Waals surface area contributed by atoms with Crippen LogP contribution in [-0.4, -0.2) is 45.2 Å². The molecule has 3 aromatic rings. The van der Waals surface area contributed by atoms with E-state index in [0.29, 0.717) is 22.2 Å². The van der Waals surface area contributed by atoms with E-state index in [1.807, 2.05) is 37.2 Å². The first-order valence-electron chi connectivity index (χ1n) is 11.1. The Hall–Kier alpha value is -4.84. The van der Waals surface area contributed by atoms with E-state index in [-0.39, 0.29) is 22.7 Å². The zero-order chi connectivity index (χ0) is 26.0. The van der Waals surface area contributed by atoms with E-state index >= 15 is 0 Å². The SMILES string of the molecule is COC(=O)C1=C(C(=O)OC)N(c2ccc(N(C)C)c3ncccc23)C(N)=C(C#N)C1c1ccccc1. The molecule has 0 saturated heterocycles. The second-order valence-electron chi connectivity index (χ2n) is 8.23. The molecule has 2 heterocycles. The number of carbonyl (C=O) groups is 2. The van der Waals surface area contributed by atoms with Crippen molar-refractivity contribution in [1.29, 1.82) is 5.26 Å². The van der Waals surface area contributed by atoms with E-state index in [1.165, 1.54) is 19.1 Å². The van der Waals surface area contributed by atoms with Gasteiger partial charge < -0.3 is 20.1 Å². The third-order valence-corrected chi connectivity index (χ3v) is 6.06. The zero-order valence-corrected chi connectivity index (χ0v) is 20.4. The molecule has 0 spiro atoms. The van der Waals surface area contributed by atoms with Gasteiger partial charge in [0.15, 0.2) is 0 Å². The Kier molecular flexibility index (Phi) is 6.61. The second kappa shape index (κ2) is 9.80. The number of ether oxygens (including phenoxy) is 2. The van der Waals surface area contributed by atoms with Gasteiger partial charge in [0, 0.05) is 25.7 Å². The number of anilines is 2. The number of aromatic nitrogens is 1. The molecule has 1 aliphatic rings. The minimum Gasteiger partial charge on any atom is -0.466 e. The maximum atomic E-state index is 13.3. The van der Waals surface area contributed by atoms with E-state index in [4.69, 9.17) is 15.2 Å². The first-order valence-corrected chi connectivity index (χ1v) is 11.1. The van der Waals surface area contributed by atoms with Crippen molar-refractivity contribution in [3.05, 3.63) is 89.0 Å². The van der Waals surface area contributed by atoms with E-state index in [2.05, 4.69) is 11.1 Å². The van der Waals surface area contributed by atoms with Gasteiger partial charge in [-0.1, -0.05) is 30.3 Å². The first-order chi connectivity index (χ1) is 17.3. The number of hydrogen-bond donors (Lipinski definition) is 1. The van der Waals surface area contributed by atoms with Crippen molar-refractivity contribution in [3.8, 4) is 6.07 Å². The standard InChI is InChI=1S/C27H25N5O4/c1-31(2)20-13-12-19(17-11-8-14-30-23(17)20)32-24(27(34)36-4)22(26(33)35-3)21(18(15-28)25(32)29)16-9-6-5-7-10-16/h5-14,21H,29H2,1-4H3. The molecule has 0 fully saturated rings. The average molecular weight is 484 g/mol. The summed E-state index contributed by atoms with van der Waals surface area (Å²) in [7, 11) is 6.22. The van der Waals surface area contributed by atoms with E-state index in [1.54, 1.807) is 42.6 Å². The van der Waals surface area contributed by atoms with Crippen LogP contribution in [0.3, 0.4) is 0 Å². The third kappa shape index (κ3) is 3.88. The fourth-order valence-electron chi connectivity index (χ4n) is 4.46. The molecule has 2 aromatic carbocycles. The first kappa shape index (κ1) is 24.3. The van der Waals surface area contributed by atoms with Gasteiger partial charge in [0.1, 0.15) is 11.5 Å². The molecule has 1 aromatic heterocycles. The van der Waals surface area contributed by atoms with E-state index < -0.39 is 17.9 Å². The predicted molar refractivity (Wildman–Crippen MR) is 136 cm³/mol. The zero-order valence-electron chi connectivity index (χ0n) is 20.4. The van der Waals surface area contributed by atoms with Crippen LogP contribution in [0.25, 0.3) is 10.9 Å². The maximum absolute atomic E-state index is 13.3. The molecular weight excluding hydrogens is 458 g/mol. The number of benzene rings is 2. The summed E-state index contributed by atoms with van der Waals surface area (Å²) in [5, 5.41) is 10.9. The lowest BCUT2D eigenvalue weighted by atomic mass is 9.81. The van der Waals surface area contributed by atoms with Crippen molar-refractivity contribution in [2.45, 2.75) is 5.92 Å². The van der Waals surface area contributed by atoms with Gasteiger partial charge in [0.25, 0.3) is 0 Å². The summed E-state index contributed by atoms with van der Waals surface area (Å²) >= 11 is 0. The Balaban J connectivity index is 2.13. The molecule has 2 N–H and O–H groups in total. The highest BCUT2D eigenvalue weighted by Gasteiger charge is 2.43. The maximum Gasteiger partial charge on any atom is 0.355 e. The predicted octanol–water partition coefficient (Wildman–Crippen LogP) is 3.20. The summed E-state index contributed by atoms with van der Waals surface area (Å²) in [6.07, 6.45) is 1.66. The van der Waals surface area contributed by atoms with Gasteiger partial charge in [-0.15, -0.1) is 0 Å². The number of nitrogens with zero attached hydrogens (tertiary/aromatic N) is 4. The number of pyridine rings is 1. The summed E-state index contributed by atoms with van der Waals surface area (Å²) in [4.78, 5) is 34.4. The lowest BCUT2D eigenvalue weighted by Gasteiger charge is -2.36. The second-order valence-corrected chi connectivity index (χ2v) is 8.23. The highest BCUT2D eigenvalue weighted by molar-refractivity contribution is 6.09. The summed E-state index contributed by atoms with van der Waals surface area (Å²) in [5.74, 6) is -2.51. The normalized spacial score (nSPS) is 15.5. The van der Waals surface area contributed by atoms with Gasteiger partial charge in [0.05, 0.1) is 54.2 Å². The van der Waals surface area contributed by atoms with Crippen molar-refractivity contribution in [2.24, 2.45) is 5.73 Å². The van der Waals surface area contributed by atoms with Crippen molar-refractivity contribution in [2.75, 3.05) is 38.1 Å². The minimum atomic E-state index is -0.931. The number of fused-ring (bicyclic) bond motifs is 1. The number of rotatable bonds is 5. The van der Waals surface area contributed by atoms with Crippen LogP contribution in [0, 0.1) is 11.3 Å². The molecule has 0 radical (unpaired) electrons. The van der Waals surface area contributed by atoms with Crippen LogP contribution in [0.4, 0.5) is 11.4 Å². The van der Waals surface area contributed by atoms with Crippen LogP contribution in [0.2, 0.25) is 0 Å². The molecule has 1 unspecified atom stereocenters. The largest absolute Gasteiger partial charge is 0.466 e. The van der Waals surface area contributed by atoms with Gasteiger partial charge >= 0.3 is 11.9 Å². The molecule has 9 heteroatoms. The number of methoxy groups -OCH3 is 2. The molecule has 182 valence electrons. The molecule has 0 bridgehead atoms. The third-order valence-electron chi connectivity index (χ3n) is 6.06. The van der Waals surface area contributed by atoms with Crippen molar-refractivity contribution < 1.29 is 19.1 Å².